The Kier molecular flexibility index (Phi) is 7.37. The molecule has 1 aliphatic heterocycles. The number of guanidine groups is 1. The molecular formula is C18H28N4O3. The van der Waals surface area contributed by atoms with Crippen molar-refractivity contribution in [2.24, 2.45) is 4.99 Å². The summed E-state index contributed by atoms with van der Waals surface area (Å²) in [5.74, 6) is 2.39. The summed E-state index contributed by atoms with van der Waals surface area (Å²) < 4.78 is 10.7. The van der Waals surface area contributed by atoms with Crippen LogP contribution in [0.25, 0.3) is 0 Å². The number of hydrogen-bond donors (Lipinski definition) is 2. The second kappa shape index (κ2) is 9.76. The first-order valence-corrected chi connectivity index (χ1v) is 8.86. The van der Waals surface area contributed by atoms with Crippen LogP contribution in [0.5, 0.6) is 11.5 Å². The standard InChI is InChI=1S/C18H28N4O3/c1-4-19-18(20-10-9-17(23)22(5-2)6-3)21-12-14-7-8-15-16(11-14)25-13-24-15/h7-8,11H,4-6,9-10,12-13H2,1-3H3,(H2,19,20,21). The number of nitrogens with zero attached hydrogens (tertiary/aromatic N) is 2. The fourth-order valence-corrected chi connectivity index (χ4v) is 2.57. The number of aliphatic imine (C=N–C) groups is 1. The summed E-state index contributed by atoms with van der Waals surface area (Å²) in [6.45, 7) is 9.60. The fourth-order valence-electron chi connectivity index (χ4n) is 2.57. The molecular weight excluding hydrogens is 320 g/mol. The highest BCUT2D eigenvalue weighted by atomic mass is 16.7. The van der Waals surface area contributed by atoms with Gasteiger partial charge in [0.05, 0.1) is 6.54 Å². The molecule has 7 nitrogen and oxygen atoms in total. The Balaban J connectivity index is 1.86. The van der Waals surface area contributed by atoms with Crippen molar-refractivity contribution in [3.05, 3.63) is 23.8 Å². The molecule has 0 saturated carbocycles. The largest absolute Gasteiger partial charge is 0.454 e. The maximum absolute atomic E-state index is 12.0. The highest BCUT2D eigenvalue weighted by molar-refractivity contribution is 5.81. The van der Waals surface area contributed by atoms with E-state index < -0.39 is 0 Å². The molecule has 1 amide bonds. The van der Waals surface area contributed by atoms with Crippen LogP contribution in [0.3, 0.4) is 0 Å². The molecule has 0 unspecified atom stereocenters. The van der Waals surface area contributed by atoms with Crippen LogP contribution in [0.4, 0.5) is 0 Å². The predicted octanol–water partition coefficient (Wildman–Crippen LogP) is 1.73. The second-order valence-corrected chi connectivity index (χ2v) is 5.63. The van der Waals surface area contributed by atoms with Crippen LogP contribution in [0.1, 0.15) is 32.8 Å². The normalized spacial score (nSPS) is 12.8. The quantitative estimate of drug-likeness (QED) is 0.553. The molecule has 0 aliphatic carbocycles. The SMILES string of the molecule is CCNC(=NCc1ccc2c(c1)OCO2)NCCC(=O)N(CC)CC. The van der Waals surface area contributed by atoms with Crippen LogP contribution >= 0.6 is 0 Å². The van der Waals surface area contributed by atoms with Crippen molar-refractivity contribution in [3.8, 4) is 11.5 Å². The number of nitrogens with one attached hydrogen (secondary N) is 2. The first-order chi connectivity index (χ1) is 12.2. The van der Waals surface area contributed by atoms with E-state index in [1.165, 1.54) is 0 Å². The molecule has 25 heavy (non-hydrogen) atoms. The van der Waals surface area contributed by atoms with Crippen molar-refractivity contribution in [3.63, 3.8) is 0 Å². The van der Waals surface area contributed by atoms with E-state index in [1.807, 2.05) is 43.9 Å². The summed E-state index contributed by atoms with van der Waals surface area (Å²) >= 11 is 0. The van der Waals surface area contributed by atoms with Gasteiger partial charge in [0.15, 0.2) is 17.5 Å². The van der Waals surface area contributed by atoms with E-state index in [-0.39, 0.29) is 12.7 Å². The molecule has 2 rings (SSSR count). The number of amides is 1. The minimum absolute atomic E-state index is 0.157. The number of rotatable bonds is 8. The molecule has 1 heterocycles. The number of ether oxygens (including phenoxy) is 2. The first kappa shape index (κ1) is 18.9. The average Bonchev–Trinajstić information content (AvgIpc) is 3.08. The van der Waals surface area contributed by atoms with Crippen LogP contribution in [0.2, 0.25) is 0 Å². The van der Waals surface area contributed by atoms with Gasteiger partial charge in [-0.15, -0.1) is 0 Å². The van der Waals surface area contributed by atoms with E-state index in [9.17, 15) is 4.79 Å². The Labute approximate surface area is 149 Å². The lowest BCUT2D eigenvalue weighted by Crippen LogP contribution is -2.40. The Morgan fingerprint density at radius 3 is 2.64 bits per heavy atom. The Hall–Kier alpha value is -2.44. The second-order valence-electron chi connectivity index (χ2n) is 5.63. The summed E-state index contributed by atoms with van der Waals surface area (Å²) in [4.78, 5) is 18.4. The van der Waals surface area contributed by atoms with Crippen LogP contribution < -0.4 is 20.1 Å². The number of benzene rings is 1. The first-order valence-electron chi connectivity index (χ1n) is 8.86. The summed E-state index contributed by atoms with van der Waals surface area (Å²) in [6, 6.07) is 5.82. The van der Waals surface area contributed by atoms with Gasteiger partial charge in [0.2, 0.25) is 12.7 Å². The lowest BCUT2D eigenvalue weighted by atomic mass is 10.2. The van der Waals surface area contributed by atoms with Gasteiger partial charge in [-0.3, -0.25) is 4.79 Å². The highest BCUT2D eigenvalue weighted by Crippen LogP contribution is 2.32. The van der Waals surface area contributed by atoms with E-state index in [2.05, 4.69) is 15.6 Å². The maximum atomic E-state index is 12.0. The smallest absolute Gasteiger partial charge is 0.231 e. The molecule has 0 radical (unpaired) electrons. The Morgan fingerprint density at radius 2 is 1.92 bits per heavy atom. The monoisotopic (exact) mass is 348 g/mol. The van der Waals surface area contributed by atoms with Gasteiger partial charge in [0, 0.05) is 32.6 Å². The minimum atomic E-state index is 0.157. The predicted molar refractivity (Wildman–Crippen MR) is 97.9 cm³/mol. The fraction of sp³-hybridized carbons (Fsp3) is 0.556. The summed E-state index contributed by atoms with van der Waals surface area (Å²) in [5, 5.41) is 6.41. The molecule has 1 aliphatic rings. The molecule has 0 saturated heterocycles. The molecule has 1 aromatic rings. The lowest BCUT2D eigenvalue weighted by molar-refractivity contribution is -0.130. The van der Waals surface area contributed by atoms with Gasteiger partial charge in [0.1, 0.15) is 0 Å². The minimum Gasteiger partial charge on any atom is -0.454 e. The molecule has 0 fully saturated rings. The van der Waals surface area contributed by atoms with E-state index >= 15 is 0 Å². The van der Waals surface area contributed by atoms with E-state index in [1.54, 1.807) is 0 Å². The van der Waals surface area contributed by atoms with Crippen LogP contribution in [-0.2, 0) is 11.3 Å². The van der Waals surface area contributed by atoms with Crippen molar-refractivity contribution in [2.45, 2.75) is 33.7 Å². The van der Waals surface area contributed by atoms with Gasteiger partial charge in [-0.25, -0.2) is 4.99 Å². The van der Waals surface area contributed by atoms with E-state index in [4.69, 9.17) is 9.47 Å². The van der Waals surface area contributed by atoms with E-state index in [0.717, 1.165) is 36.7 Å². The molecule has 7 heteroatoms. The zero-order valence-corrected chi connectivity index (χ0v) is 15.3. The molecule has 0 aromatic heterocycles. The third-order valence-electron chi connectivity index (χ3n) is 3.95. The molecule has 2 N–H and O–H groups in total. The van der Waals surface area contributed by atoms with Gasteiger partial charge in [-0.05, 0) is 38.5 Å². The number of carbonyl (C=O) groups is 1. The number of carbonyl (C=O) groups excluding carboxylic acids is 1. The number of fused-ring (bicyclic) bond motifs is 1. The van der Waals surface area contributed by atoms with Crippen LogP contribution in [-0.4, -0.2) is 49.7 Å². The number of hydrogen-bond acceptors (Lipinski definition) is 4. The summed E-state index contributed by atoms with van der Waals surface area (Å²) in [6.07, 6.45) is 0.454. The van der Waals surface area contributed by atoms with Crippen molar-refractivity contribution < 1.29 is 14.3 Å². The highest BCUT2D eigenvalue weighted by Gasteiger charge is 2.13. The van der Waals surface area contributed by atoms with E-state index in [0.29, 0.717) is 25.5 Å². The van der Waals surface area contributed by atoms with Crippen molar-refractivity contribution in [2.75, 3.05) is 33.0 Å². The maximum Gasteiger partial charge on any atom is 0.231 e. The molecule has 0 spiro atoms. The lowest BCUT2D eigenvalue weighted by Gasteiger charge is -2.19. The zero-order chi connectivity index (χ0) is 18.1. The van der Waals surface area contributed by atoms with Gasteiger partial charge in [-0.1, -0.05) is 6.07 Å². The molecule has 138 valence electrons. The van der Waals surface area contributed by atoms with Gasteiger partial charge < -0.3 is 25.0 Å². The van der Waals surface area contributed by atoms with Crippen molar-refractivity contribution >= 4 is 11.9 Å². The van der Waals surface area contributed by atoms with Crippen LogP contribution in [0, 0.1) is 0 Å². The van der Waals surface area contributed by atoms with Gasteiger partial charge in [0.25, 0.3) is 0 Å². The topological polar surface area (TPSA) is 75.2 Å². The van der Waals surface area contributed by atoms with Crippen LogP contribution in [0.15, 0.2) is 23.2 Å². The van der Waals surface area contributed by atoms with Crippen molar-refractivity contribution in [1.29, 1.82) is 0 Å². The van der Waals surface area contributed by atoms with Crippen molar-refractivity contribution in [1.82, 2.24) is 15.5 Å². The van der Waals surface area contributed by atoms with Gasteiger partial charge >= 0.3 is 0 Å². The summed E-state index contributed by atoms with van der Waals surface area (Å²) in [7, 11) is 0. The Morgan fingerprint density at radius 1 is 1.16 bits per heavy atom. The average molecular weight is 348 g/mol. The third kappa shape index (κ3) is 5.55. The van der Waals surface area contributed by atoms with Gasteiger partial charge in [-0.2, -0.15) is 0 Å². The molecule has 1 aromatic carbocycles. The molecule has 0 bridgehead atoms. The Bertz CT molecular complexity index is 600. The third-order valence-corrected chi connectivity index (χ3v) is 3.95. The zero-order valence-electron chi connectivity index (χ0n) is 15.3. The molecule has 0 atom stereocenters. The summed E-state index contributed by atoms with van der Waals surface area (Å²) in [5.41, 5.74) is 1.04.